The average molecular weight is 295 g/mol. The summed E-state index contributed by atoms with van der Waals surface area (Å²) in [5.41, 5.74) is 6.64. The minimum atomic E-state index is 0.498. The second-order valence-corrected chi connectivity index (χ2v) is 8.24. The van der Waals surface area contributed by atoms with Gasteiger partial charge < -0.3 is 5.73 Å². The summed E-state index contributed by atoms with van der Waals surface area (Å²) in [6, 6.07) is 1.65. The van der Waals surface area contributed by atoms with Gasteiger partial charge in [0.2, 0.25) is 0 Å². The molecule has 0 amide bonds. The quantitative estimate of drug-likeness (QED) is 0.717. The van der Waals surface area contributed by atoms with Gasteiger partial charge in [-0.25, -0.2) is 0 Å². The summed E-state index contributed by atoms with van der Waals surface area (Å²) in [6.45, 7) is 11.8. The summed E-state index contributed by atoms with van der Waals surface area (Å²) >= 11 is 0. The van der Waals surface area contributed by atoms with Gasteiger partial charge in [-0.05, 0) is 68.9 Å². The zero-order valence-corrected chi connectivity index (χ0v) is 14.9. The number of nitrogens with zero attached hydrogens (tertiary/aromatic N) is 1. The topological polar surface area (TPSA) is 29.3 Å². The first-order valence-corrected chi connectivity index (χ1v) is 9.49. The maximum Gasteiger partial charge on any atom is 0.0141 e. The number of rotatable bonds is 8. The molecule has 0 aromatic heterocycles. The van der Waals surface area contributed by atoms with Crippen molar-refractivity contribution in [3.8, 4) is 0 Å². The van der Waals surface area contributed by atoms with Crippen LogP contribution in [-0.2, 0) is 0 Å². The predicted molar refractivity (Wildman–Crippen MR) is 92.4 cm³/mol. The van der Waals surface area contributed by atoms with E-state index < -0.39 is 0 Å². The molecule has 124 valence electrons. The van der Waals surface area contributed by atoms with Crippen LogP contribution < -0.4 is 5.73 Å². The Balaban J connectivity index is 2.07. The number of nitrogens with two attached hydrogens (primary N) is 1. The third kappa shape index (κ3) is 4.22. The lowest BCUT2D eigenvalue weighted by molar-refractivity contribution is 0.0323. The molecule has 0 spiro atoms. The van der Waals surface area contributed by atoms with E-state index in [1.807, 2.05) is 0 Å². The van der Waals surface area contributed by atoms with Gasteiger partial charge in [0.25, 0.3) is 0 Å². The molecule has 0 radical (unpaired) electrons. The van der Waals surface area contributed by atoms with E-state index in [-0.39, 0.29) is 0 Å². The fraction of sp³-hybridized carbons (Fsp3) is 1.00. The molecule has 3 unspecified atom stereocenters. The molecule has 0 saturated heterocycles. The molecular formula is C19H38N2. The SMILES string of the molecule is CCCCN(C1CC1)C1CC(C(C)(C)CC)CCC1CN. The van der Waals surface area contributed by atoms with Crippen molar-refractivity contribution in [2.75, 3.05) is 13.1 Å². The van der Waals surface area contributed by atoms with Crippen LogP contribution in [0.25, 0.3) is 0 Å². The van der Waals surface area contributed by atoms with Crippen LogP contribution >= 0.6 is 0 Å². The average Bonchev–Trinajstić information content (AvgIpc) is 3.32. The Morgan fingerprint density at radius 1 is 1.10 bits per heavy atom. The highest BCUT2D eigenvalue weighted by Crippen LogP contribution is 2.45. The van der Waals surface area contributed by atoms with Crippen molar-refractivity contribution in [1.82, 2.24) is 4.90 Å². The van der Waals surface area contributed by atoms with Gasteiger partial charge in [0.15, 0.2) is 0 Å². The normalized spacial score (nSPS) is 30.9. The molecule has 2 fully saturated rings. The Morgan fingerprint density at radius 3 is 2.33 bits per heavy atom. The fourth-order valence-electron chi connectivity index (χ4n) is 4.26. The van der Waals surface area contributed by atoms with E-state index >= 15 is 0 Å². The zero-order valence-electron chi connectivity index (χ0n) is 14.9. The Kier molecular flexibility index (Phi) is 6.14. The molecule has 0 aromatic rings. The van der Waals surface area contributed by atoms with Crippen molar-refractivity contribution in [3.05, 3.63) is 0 Å². The van der Waals surface area contributed by atoms with Gasteiger partial charge in [0, 0.05) is 12.1 Å². The molecule has 0 aromatic carbocycles. The molecule has 0 bridgehead atoms. The standard InChI is InChI=1S/C19H38N2/c1-5-7-12-21(17-10-11-17)18-13-16(19(3,4)6-2)9-8-15(18)14-20/h15-18H,5-14,20H2,1-4H3. The first kappa shape index (κ1) is 17.3. The van der Waals surface area contributed by atoms with E-state index in [2.05, 4.69) is 32.6 Å². The van der Waals surface area contributed by atoms with Crippen molar-refractivity contribution in [1.29, 1.82) is 0 Å². The van der Waals surface area contributed by atoms with Gasteiger partial charge in [-0.3, -0.25) is 4.90 Å². The van der Waals surface area contributed by atoms with E-state index in [9.17, 15) is 0 Å². The molecule has 3 atom stereocenters. The summed E-state index contributed by atoms with van der Waals surface area (Å²) in [6.07, 6.45) is 11.0. The second-order valence-electron chi connectivity index (χ2n) is 8.24. The molecule has 21 heavy (non-hydrogen) atoms. The van der Waals surface area contributed by atoms with E-state index in [4.69, 9.17) is 5.73 Å². The van der Waals surface area contributed by atoms with E-state index in [1.54, 1.807) is 0 Å². The smallest absolute Gasteiger partial charge is 0.0141 e. The van der Waals surface area contributed by atoms with Crippen LogP contribution in [0.3, 0.4) is 0 Å². The second kappa shape index (κ2) is 7.46. The van der Waals surface area contributed by atoms with Crippen LogP contribution in [0.2, 0.25) is 0 Å². The molecule has 2 rings (SSSR count). The van der Waals surface area contributed by atoms with Crippen molar-refractivity contribution in [2.24, 2.45) is 23.0 Å². The van der Waals surface area contributed by atoms with Gasteiger partial charge >= 0.3 is 0 Å². The van der Waals surface area contributed by atoms with Crippen LogP contribution in [-0.4, -0.2) is 30.1 Å². The van der Waals surface area contributed by atoms with Gasteiger partial charge in [0.05, 0.1) is 0 Å². The summed E-state index contributed by atoms with van der Waals surface area (Å²) in [7, 11) is 0. The van der Waals surface area contributed by atoms with E-state index in [0.29, 0.717) is 5.41 Å². The van der Waals surface area contributed by atoms with Crippen LogP contribution in [0.15, 0.2) is 0 Å². The van der Waals surface area contributed by atoms with Crippen LogP contribution in [0.5, 0.6) is 0 Å². The summed E-state index contributed by atoms with van der Waals surface area (Å²) in [4.78, 5) is 2.87. The molecule has 2 nitrogen and oxygen atoms in total. The maximum absolute atomic E-state index is 6.14. The third-order valence-electron chi connectivity index (χ3n) is 6.49. The largest absolute Gasteiger partial charge is 0.330 e. The van der Waals surface area contributed by atoms with Crippen LogP contribution in [0.4, 0.5) is 0 Å². The molecular weight excluding hydrogens is 256 g/mol. The zero-order chi connectivity index (χ0) is 15.5. The van der Waals surface area contributed by atoms with Crippen molar-refractivity contribution in [2.45, 2.75) is 91.1 Å². The minimum Gasteiger partial charge on any atom is -0.330 e. The number of hydrogen-bond acceptors (Lipinski definition) is 2. The van der Waals surface area contributed by atoms with Gasteiger partial charge in [-0.2, -0.15) is 0 Å². The van der Waals surface area contributed by atoms with E-state index in [0.717, 1.165) is 30.5 Å². The molecule has 2 N–H and O–H groups in total. The first-order valence-electron chi connectivity index (χ1n) is 9.49. The summed E-state index contributed by atoms with van der Waals surface area (Å²) in [5.74, 6) is 1.63. The lowest BCUT2D eigenvalue weighted by Crippen LogP contribution is -2.50. The monoisotopic (exact) mass is 294 g/mol. The molecule has 0 aliphatic heterocycles. The molecule has 0 heterocycles. The highest BCUT2D eigenvalue weighted by Gasteiger charge is 2.42. The Bertz CT molecular complexity index is 309. The van der Waals surface area contributed by atoms with Crippen molar-refractivity contribution >= 4 is 0 Å². The predicted octanol–water partition coefficient (Wildman–Crippen LogP) is 4.43. The Hall–Kier alpha value is -0.0800. The number of hydrogen-bond donors (Lipinski definition) is 1. The Labute approximate surface area is 132 Å². The third-order valence-corrected chi connectivity index (χ3v) is 6.49. The molecule has 2 aliphatic carbocycles. The highest BCUT2D eigenvalue weighted by atomic mass is 15.2. The summed E-state index contributed by atoms with van der Waals surface area (Å²) < 4.78 is 0. The van der Waals surface area contributed by atoms with Gasteiger partial charge in [-0.1, -0.05) is 40.5 Å². The minimum absolute atomic E-state index is 0.498. The van der Waals surface area contributed by atoms with Crippen LogP contribution in [0, 0.1) is 17.3 Å². The van der Waals surface area contributed by atoms with Crippen molar-refractivity contribution < 1.29 is 0 Å². The highest BCUT2D eigenvalue weighted by molar-refractivity contribution is 4.96. The lowest BCUT2D eigenvalue weighted by atomic mass is 9.65. The summed E-state index contributed by atoms with van der Waals surface area (Å²) in [5, 5.41) is 0. The Morgan fingerprint density at radius 2 is 1.81 bits per heavy atom. The maximum atomic E-state index is 6.14. The van der Waals surface area contributed by atoms with Crippen LogP contribution in [0.1, 0.15) is 79.1 Å². The van der Waals surface area contributed by atoms with Crippen molar-refractivity contribution in [3.63, 3.8) is 0 Å². The van der Waals surface area contributed by atoms with E-state index in [1.165, 1.54) is 57.9 Å². The fourth-order valence-corrected chi connectivity index (χ4v) is 4.26. The molecule has 2 aliphatic rings. The molecule has 2 saturated carbocycles. The molecule has 2 heteroatoms. The van der Waals surface area contributed by atoms with Gasteiger partial charge in [-0.15, -0.1) is 0 Å². The lowest BCUT2D eigenvalue weighted by Gasteiger charge is -2.47. The van der Waals surface area contributed by atoms with Gasteiger partial charge in [0.1, 0.15) is 0 Å². The number of unbranched alkanes of at least 4 members (excludes halogenated alkanes) is 1. The first-order chi connectivity index (χ1) is 10.0.